The van der Waals surface area contributed by atoms with Crippen LogP contribution in [0.25, 0.3) is 0 Å². The lowest BCUT2D eigenvalue weighted by Crippen LogP contribution is -2.55. The second-order valence-electron chi connectivity index (χ2n) is 4.50. The van der Waals surface area contributed by atoms with E-state index in [-0.39, 0.29) is 0 Å². The summed E-state index contributed by atoms with van der Waals surface area (Å²) < 4.78 is 4.89. The second-order valence-corrected chi connectivity index (χ2v) is 4.50. The molecule has 2 aliphatic rings. The molecule has 1 fully saturated rings. The normalized spacial score (nSPS) is 39.9. The van der Waals surface area contributed by atoms with Crippen molar-refractivity contribution in [3.63, 3.8) is 0 Å². The van der Waals surface area contributed by atoms with Gasteiger partial charge in [0.2, 0.25) is 0 Å². The number of esters is 1. The highest BCUT2D eigenvalue weighted by molar-refractivity contribution is 6.17. The lowest BCUT2D eigenvalue weighted by Gasteiger charge is -2.34. The quantitative estimate of drug-likeness (QED) is 0.408. The molecule has 0 aromatic heterocycles. The average Bonchev–Trinajstić information content (AvgIpc) is 2.54. The second kappa shape index (κ2) is 4.17. The molecular weight excluding hydrogens is 236 g/mol. The highest BCUT2D eigenvalue weighted by Gasteiger charge is 2.65. The Hall–Kier alpha value is -1.75. The number of ketones is 2. The Morgan fingerprint density at radius 1 is 1.39 bits per heavy atom. The minimum absolute atomic E-state index is 0.541. The van der Waals surface area contributed by atoms with Crippen LogP contribution in [-0.4, -0.2) is 34.9 Å². The third-order valence-electron chi connectivity index (χ3n) is 3.49. The van der Waals surface area contributed by atoms with Crippen molar-refractivity contribution in [2.75, 3.05) is 0 Å². The van der Waals surface area contributed by atoms with E-state index < -0.39 is 41.1 Å². The van der Waals surface area contributed by atoms with E-state index in [1.54, 1.807) is 19.1 Å². The average molecular weight is 250 g/mol. The van der Waals surface area contributed by atoms with Gasteiger partial charge in [0.15, 0.2) is 23.1 Å². The van der Waals surface area contributed by atoms with Gasteiger partial charge in [0, 0.05) is 5.92 Å². The molecule has 2 rings (SSSR count). The summed E-state index contributed by atoms with van der Waals surface area (Å²) in [6.07, 6.45) is 3.34. The summed E-state index contributed by atoms with van der Waals surface area (Å²) in [6, 6.07) is 0. The number of aliphatic hydroxyl groups excluding tert-OH is 1. The fourth-order valence-electron chi connectivity index (χ4n) is 2.57. The molecule has 96 valence electrons. The molecule has 0 saturated carbocycles. The number of ether oxygens (including phenoxy) is 1. The van der Waals surface area contributed by atoms with Gasteiger partial charge in [0.05, 0.1) is 0 Å². The molecule has 1 aliphatic heterocycles. The first-order valence-electron chi connectivity index (χ1n) is 5.74. The smallest absolute Gasteiger partial charge is 0.324 e. The Bertz CT molecular complexity index is 476. The molecule has 1 heterocycles. The van der Waals surface area contributed by atoms with Crippen LogP contribution in [0.2, 0.25) is 0 Å². The summed E-state index contributed by atoms with van der Waals surface area (Å²) in [5.74, 6) is -2.66. The Morgan fingerprint density at radius 3 is 2.56 bits per heavy atom. The highest BCUT2D eigenvalue weighted by Crippen LogP contribution is 2.45. The van der Waals surface area contributed by atoms with Gasteiger partial charge < -0.3 is 9.84 Å². The van der Waals surface area contributed by atoms with Crippen LogP contribution in [0, 0.1) is 11.3 Å². The van der Waals surface area contributed by atoms with Gasteiger partial charge in [-0.2, -0.15) is 0 Å². The van der Waals surface area contributed by atoms with Crippen LogP contribution < -0.4 is 0 Å². The maximum Gasteiger partial charge on any atom is 0.324 e. The van der Waals surface area contributed by atoms with Crippen molar-refractivity contribution in [1.29, 1.82) is 0 Å². The van der Waals surface area contributed by atoms with Crippen LogP contribution in [0.15, 0.2) is 24.3 Å². The first kappa shape index (κ1) is 12.7. The van der Waals surface area contributed by atoms with Crippen LogP contribution in [0.4, 0.5) is 0 Å². The zero-order valence-corrected chi connectivity index (χ0v) is 10.1. The Kier molecular flexibility index (Phi) is 2.94. The minimum atomic E-state index is -1.81. The van der Waals surface area contributed by atoms with Crippen molar-refractivity contribution in [1.82, 2.24) is 0 Å². The summed E-state index contributed by atoms with van der Waals surface area (Å²) in [7, 11) is 0. The largest absolute Gasteiger partial charge is 0.454 e. The Labute approximate surface area is 104 Å². The van der Waals surface area contributed by atoms with Gasteiger partial charge in [-0.3, -0.25) is 14.4 Å². The molecular formula is C13H14O5. The van der Waals surface area contributed by atoms with Crippen molar-refractivity contribution in [3.8, 4) is 0 Å². The number of hydrogen-bond donors (Lipinski definition) is 1. The van der Waals surface area contributed by atoms with Gasteiger partial charge in [-0.05, 0) is 19.9 Å². The monoisotopic (exact) mass is 250 g/mol. The van der Waals surface area contributed by atoms with E-state index in [2.05, 4.69) is 0 Å². The van der Waals surface area contributed by atoms with Crippen molar-refractivity contribution in [3.05, 3.63) is 24.3 Å². The molecule has 1 spiro atoms. The van der Waals surface area contributed by atoms with Gasteiger partial charge in [0.25, 0.3) is 0 Å². The number of carbonyl (C=O) groups is 3. The lowest BCUT2D eigenvalue weighted by atomic mass is 9.64. The van der Waals surface area contributed by atoms with E-state index >= 15 is 0 Å². The van der Waals surface area contributed by atoms with E-state index in [0.29, 0.717) is 0 Å². The topological polar surface area (TPSA) is 80.7 Å². The van der Waals surface area contributed by atoms with Crippen LogP contribution >= 0.6 is 0 Å². The first-order valence-corrected chi connectivity index (χ1v) is 5.74. The molecule has 0 aromatic carbocycles. The van der Waals surface area contributed by atoms with Crippen LogP contribution in [0.3, 0.4) is 0 Å². The van der Waals surface area contributed by atoms with Crippen molar-refractivity contribution in [2.24, 2.45) is 11.3 Å². The number of aliphatic hydroxyl groups is 1. The third kappa shape index (κ3) is 1.40. The van der Waals surface area contributed by atoms with E-state index in [9.17, 15) is 19.5 Å². The van der Waals surface area contributed by atoms with Gasteiger partial charge in [-0.25, -0.2) is 0 Å². The number of Topliss-reactive ketones (excluding diaryl/α,β-unsaturated/α-hetero) is 1. The Balaban J connectivity index is 2.62. The van der Waals surface area contributed by atoms with E-state index in [1.807, 2.05) is 0 Å². The molecule has 18 heavy (non-hydrogen) atoms. The number of hydrogen-bond acceptors (Lipinski definition) is 5. The number of allylic oxidation sites excluding steroid dienone is 3. The molecule has 0 unspecified atom stereocenters. The fourth-order valence-corrected chi connectivity index (χ4v) is 2.57. The van der Waals surface area contributed by atoms with E-state index in [0.717, 1.165) is 0 Å². The van der Waals surface area contributed by atoms with Crippen LogP contribution in [0.1, 0.15) is 13.8 Å². The molecule has 4 atom stereocenters. The van der Waals surface area contributed by atoms with Crippen molar-refractivity contribution < 1.29 is 24.2 Å². The van der Waals surface area contributed by atoms with E-state index in [1.165, 1.54) is 19.1 Å². The van der Waals surface area contributed by atoms with E-state index in [4.69, 9.17) is 4.74 Å². The van der Waals surface area contributed by atoms with Gasteiger partial charge in [-0.15, -0.1) is 0 Å². The lowest BCUT2D eigenvalue weighted by molar-refractivity contribution is -0.160. The first-order chi connectivity index (χ1) is 8.46. The molecule has 0 radical (unpaired) electrons. The van der Waals surface area contributed by atoms with Crippen molar-refractivity contribution >= 4 is 17.5 Å². The van der Waals surface area contributed by atoms with Crippen LogP contribution in [-0.2, 0) is 19.1 Å². The maximum atomic E-state index is 12.2. The SMILES string of the molecule is C/C=C/[C@@H]1C=CC(=O)[C@H](O)[C@]12C(=O)O[C@@H](C)C2=O. The minimum Gasteiger partial charge on any atom is -0.454 e. The third-order valence-corrected chi connectivity index (χ3v) is 3.49. The molecule has 5 heteroatoms. The molecule has 1 N–H and O–H groups in total. The summed E-state index contributed by atoms with van der Waals surface area (Å²) >= 11 is 0. The molecule has 1 aliphatic carbocycles. The fraction of sp³-hybridized carbons (Fsp3) is 0.462. The molecule has 1 saturated heterocycles. The predicted molar refractivity (Wildman–Crippen MR) is 61.5 cm³/mol. The standard InChI is InChI=1S/C13H14O5/c1-3-4-8-5-6-9(14)11(16)13(8)10(15)7(2)18-12(13)17/h3-8,11,16H,1-2H3/b4-3+/t7-,8+,11-,13-/m0/s1. The summed E-state index contributed by atoms with van der Waals surface area (Å²) in [4.78, 5) is 35.8. The maximum absolute atomic E-state index is 12.2. The Morgan fingerprint density at radius 2 is 2.06 bits per heavy atom. The van der Waals surface area contributed by atoms with Crippen molar-refractivity contribution in [2.45, 2.75) is 26.1 Å². The van der Waals surface area contributed by atoms with Crippen LogP contribution in [0.5, 0.6) is 0 Å². The van der Waals surface area contributed by atoms with Gasteiger partial charge in [-0.1, -0.05) is 18.2 Å². The number of cyclic esters (lactones) is 1. The zero-order valence-electron chi connectivity index (χ0n) is 10.1. The zero-order chi connectivity index (χ0) is 13.5. The molecule has 0 amide bonds. The number of carbonyl (C=O) groups excluding carboxylic acids is 3. The molecule has 0 aromatic rings. The highest BCUT2D eigenvalue weighted by atomic mass is 16.6. The molecule has 5 nitrogen and oxygen atoms in total. The predicted octanol–water partition coefficient (Wildman–Crippen LogP) is 0.179. The molecule has 0 bridgehead atoms. The van der Waals surface area contributed by atoms with Gasteiger partial charge in [0.1, 0.15) is 6.10 Å². The summed E-state index contributed by atoms with van der Waals surface area (Å²) in [5, 5.41) is 10.0. The van der Waals surface area contributed by atoms with Gasteiger partial charge >= 0.3 is 5.97 Å². The summed E-state index contributed by atoms with van der Waals surface area (Å²) in [6.45, 7) is 3.18. The number of rotatable bonds is 1. The summed E-state index contributed by atoms with van der Waals surface area (Å²) in [5.41, 5.74) is -1.81.